The van der Waals surface area contributed by atoms with Crippen molar-refractivity contribution in [2.24, 2.45) is 12.5 Å². The van der Waals surface area contributed by atoms with E-state index in [2.05, 4.69) is 24.3 Å². The minimum atomic E-state index is -2.41. The lowest BCUT2D eigenvalue weighted by molar-refractivity contribution is -0.660. The van der Waals surface area contributed by atoms with Gasteiger partial charge in [0.25, 0.3) is 0 Å². The molecule has 0 saturated heterocycles. The number of hydrogen-bond acceptors (Lipinski definition) is 0. The van der Waals surface area contributed by atoms with E-state index in [0.29, 0.717) is 0 Å². The molecular formula is C25H30N+. The zero-order chi connectivity index (χ0) is 23.2. The molecule has 1 heterocycles. The number of pyridine rings is 1. The first-order chi connectivity index (χ1) is 14.2. The van der Waals surface area contributed by atoms with Crippen LogP contribution in [0, 0.1) is 19.2 Å². The average Bonchev–Trinajstić information content (AvgIpc) is 2.67. The topological polar surface area (TPSA) is 3.88 Å². The van der Waals surface area contributed by atoms with E-state index in [0.717, 1.165) is 27.9 Å². The van der Waals surface area contributed by atoms with Gasteiger partial charge in [-0.25, -0.2) is 4.57 Å². The largest absolute Gasteiger partial charge is 0.212 e. The summed E-state index contributed by atoms with van der Waals surface area (Å²) in [6.07, 6.45) is -0.263. The maximum absolute atomic E-state index is 8.81. The van der Waals surface area contributed by atoms with Crippen LogP contribution in [0.4, 0.5) is 0 Å². The van der Waals surface area contributed by atoms with Gasteiger partial charge in [-0.3, -0.25) is 0 Å². The van der Waals surface area contributed by atoms with Crippen molar-refractivity contribution < 1.29 is 11.4 Å². The van der Waals surface area contributed by atoms with Gasteiger partial charge >= 0.3 is 0 Å². The van der Waals surface area contributed by atoms with Crippen molar-refractivity contribution in [2.75, 3.05) is 0 Å². The highest BCUT2D eigenvalue weighted by atomic mass is 14.9. The van der Waals surface area contributed by atoms with E-state index < -0.39 is 18.6 Å². The van der Waals surface area contributed by atoms with Gasteiger partial charge in [0.15, 0.2) is 6.20 Å². The van der Waals surface area contributed by atoms with Crippen LogP contribution in [0.1, 0.15) is 44.3 Å². The molecule has 0 radical (unpaired) electrons. The predicted molar refractivity (Wildman–Crippen MR) is 111 cm³/mol. The lowest BCUT2D eigenvalue weighted by Crippen LogP contribution is -2.32. The fraction of sp³-hybridized carbons (Fsp3) is 0.320. The number of benzene rings is 2. The Bertz CT molecular complexity index is 1090. The van der Waals surface area contributed by atoms with Crippen LogP contribution in [0.15, 0.2) is 60.8 Å². The molecular weight excluding hydrogens is 314 g/mol. The van der Waals surface area contributed by atoms with Gasteiger partial charge in [0.1, 0.15) is 7.05 Å². The summed E-state index contributed by atoms with van der Waals surface area (Å²) in [5, 5.41) is 0. The summed E-state index contributed by atoms with van der Waals surface area (Å²) in [5.74, 6) is 0. The molecule has 0 aliphatic rings. The van der Waals surface area contributed by atoms with E-state index in [1.807, 2.05) is 38.2 Å². The van der Waals surface area contributed by atoms with Gasteiger partial charge < -0.3 is 0 Å². The minimum absolute atomic E-state index is 0.0514. The van der Waals surface area contributed by atoms with Crippen LogP contribution in [0.25, 0.3) is 22.4 Å². The maximum Gasteiger partial charge on any atom is 0.212 e. The molecule has 0 aliphatic heterocycles. The van der Waals surface area contributed by atoms with Gasteiger partial charge in [-0.1, -0.05) is 63.2 Å². The van der Waals surface area contributed by atoms with Crippen molar-refractivity contribution in [1.82, 2.24) is 0 Å². The molecule has 1 heteroatoms. The second-order valence-electron chi connectivity index (χ2n) is 7.87. The highest BCUT2D eigenvalue weighted by Crippen LogP contribution is 2.30. The molecule has 26 heavy (non-hydrogen) atoms. The summed E-state index contributed by atoms with van der Waals surface area (Å²) >= 11 is 0. The van der Waals surface area contributed by atoms with Gasteiger partial charge in [-0.05, 0) is 53.9 Å². The van der Waals surface area contributed by atoms with Gasteiger partial charge in [0.2, 0.25) is 5.69 Å². The Hall–Kier alpha value is -2.41. The third kappa shape index (κ3) is 4.04. The number of rotatable bonds is 3. The molecule has 1 aromatic heterocycles. The normalized spacial score (nSPS) is 15.5. The highest BCUT2D eigenvalue weighted by Gasteiger charge is 2.20. The molecule has 0 saturated carbocycles. The third-order valence-electron chi connectivity index (χ3n) is 4.40. The molecule has 0 atom stereocenters. The standard InChI is InChI=1S/C25H30N/c1-18-12-13-21(20-10-8-7-9-11-20)14-23(18)24-15-22(16-25(3,4)5)19(2)17-26(24)6/h7-15,17H,16H2,1-6H3/q+1/i2D3,16D2. The molecule has 0 aliphatic carbocycles. The second-order valence-corrected chi connectivity index (χ2v) is 7.87. The number of nitrogens with zero attached hydrogens (tertiary/aromatic N) is 1. The molecule has 0 amide bonds. The van der Waals surface area contributed by atoms with Gasteiger partial charge in [-0.15, -0.1) is 0 Å². The van der Waals surface area contributed by atoms with E-state index in [9.17, 15) is 0 Å². The molecule has 0 bridgehead atoms. The van der Waals surface area contributed by atoms with E-state index in [1.54, 1.807) is 37.6 Å². The third-order valence-corrected chi connectivity index (χ3v) is 4.40. The number of aromatic nitrogens is 1. The zero-order valence-corrected chi connectivity index (χ0v) is 16.2. The average molecular weight is 350 g/mol. The van der Waals surface area contributed by atoms with Crippen LogP contribution in [0.5, 0.6) is 0 Å². The summed E-state index contributed by atoms with van der Waals surface area (Å²) in [4.78, 5) is 0. The molecule has 3 rings (SSSR count). The molecule has 2 aromatic carbocycles. The Morgan fingerprint density at radius 3 is 2.35 bits per heavy atom. The van der Waals surface area contributed by atoms with Crippen LogP contribution in [0.2, 0.25) is 0 Å². The lowest BCUT2D eigenvalue weighted by atomic mass is 9.86. The first kappa shape index (κ1) is 12.9. The van der Waals surface area contributed by atoms with Crippen LogP contribution >= 0.6 is 0 Å². The monoisotopic (exact) mass is 349 g/mol. The quantitative estimate of drug-likeness (QED) is 0.507. The minimum Gasteiger partial charge on any atom is -0.201 e. The van der Waals surface area contributed by atoms with Gasteiger partial charge in [0.05, 0.1) is 0 Å². The number of aryl methyl sites for hydroxylation is 3. The van der Waals surface area contributed by atoms with E-state index in [4.69, 9.17) is 6.85 Å². The zero-order valence-electron chi connectivity index (χ0n) is 21.2. The summed E-state index contributed by atoms with van der Waals surface area (Å²) in [5.41, 5.74) is 4.42. The van der Waals surface area contributed by atoms with Crippen LogP contribution < -0.4 is 4.57 Å². The molecule has 0 unspecified atom stereocenters. The first-order valence-electron chi connectivity index (χ1n) is 11.4. The smallest absolute Gasteiger partial charge is 0.201 e. The van der Waals surface area contributed by atoms with Crippen molar-refractivity contribution in [3.05, 3.63) is 77.5 Å². The molecule has 0 N–H and O–H groups in total. The molecule has 0 fully saturated rings. The first-order valence-corrected chi connectivity index (χ1v) is 8.94. The molecule has 0 spiro atoms. The predicted octanol–water partition coefficient (Wildman–Crippen LogP) is 6.05. The van der Waals surface area contributed by atoms with Crippen molar-refractivity contribution in [3.8, 4) is 22.4 Å². The van der Waals surface area contributed by atoms with Crippen LogP contribution in [-0.4, -0.2) is 0 Å². The Kier molecular flexibility index (Phi) is 3.50. The van der Waals surface area contributed by atoms with Crippen LogP contribution in [-0.2, 0) is 13.4 Å². The maximum atomic E-state index is 8.81. The van der Waals surface area contributed by atoms with Crippen LogP contribution in [0.3, 0.4) is 0 Å². The summed E-state index contributed by atoms with van der Waals surface area (Å²) in [7, 11) is 1.82. The van der Waals surface area contributed by atoms with Crippen molar-refractivity contribution in [3.63, 3.8) is 0 Å². The van der Waals surface area contributed by atoms with Crippen molar-refractivity contribution >= 4 is 0 Å². The molecule has 134 valence electrons. The second kappa shape index (κ2) is 7.07. The van der Waals surface area contributed by atoms with E-state index in [1.165, 1.54) is 0 Å². The Morgan fingerprint density at radius 2 is 1.69 bits per heavy atom. The Labute approximate surface area is 165 Å². The van der Waals surface area contributed by atoms with Gasteiger partial charge in [0, 0.05) is 24.0 Å². The lowest BCUT2D eigenvalue weighted by Gasteiger charge is -2.19. The SMILES string of the molecule is [2H]C([2H])([2H])c1c[n+](C)c(-c2cc(-c3ccccc3)ccc2C)cc1C([2H])([2H])C(C)(C)C. The Balaban J connectivity index is 2.30. The summed E-state index contributed by atoms with van der Waals surface area (Å²) in [6, 6.07) is 18.0. The van der Waals surface area contributed by atoms with E-state index in [-0.39, 0.29) is 11.1 Å². The van der Waals surface area contributed by atoms with E-state index >= 15 is 0 Å². The molecule has 1 nitrogen and oxygen atoms in total. The molecule has 3 aromatic rings. The Morgan fingerprint density at radius 1 is 0.962 bits per heavy atom. The van der Waals surface area contributed by atoms with Crippen molar-refractivity contribution in [2.45, 2.75) is 40.9 Å². The van der Waals surface area contributed by atoms with Gasteiger partial charge in [-0.2, -0.15) is 0 Å². The summed E-state index contributed by atoms with van der Waals surface area (Å²) < 4.78 is 43.4. The highest BCUT2D eigenvalue weighted by molar-refractivity contribution is 5.73. The summed E-state index contributed by atoms with van der Waals surface area (Å²) in [6.45, 7) is 4.99. The fourth-order valence-electron chi connectivity index (χ4n) is 3.13. The number of hydrogen-bond donors (Lipinski definition) is 0. The van der Waals surface area contributed by atoms with Crippen molar-refractivity contribution in [1.29, 1.82) is 0 Å². The fourth-order valence-corrected chi connectivity index (χ4v) is 3.13.